The van der Waals surface area contributed by atoms with Gasteiger partial charge in [0.25, 0.3) is 0 Å². The molecule has 1 aromatic carbocycles. The predicted molar refractivity (Wildman–Crippen MR) is 64.0 cm³/mol. The molecule has 0 heterocycles. The Morgan fingerprint density at radius 3 is 2.56 bits per heavy atom. The smallest absolute Gasteiger partial charge is 0.307 e. The Bertz CT molecular complexity index is 333. The molecule has 0 bridgehead atoms. The average molecular weight is 221 g/mol. The molecule has 16 heavy (non-hydrogen) atoms. The normalized spacial score (nSPS) is 14.2. The summed E-state index contributed by atoms with van der Waals surface area (Å²) in [7, 11) is 1.38. The number of nitrogens with two attached hydrogens (primary N) is 1. The van der Waals surface area contributed by atoms with E-state index >= 15 is 0 Å². The molecule has 1 aromatic rings. The van der Waals surface area contributed by atoms with Gasteiger partial charge in [0.1, 0.15) is 0 Å². The molecule has 2 N–H and O–H groups in total. The van der Waals surface area contributed by atoms with Gasteiger partial charge in [0.05, 0.1) is 13.5 Å². The number of esters is 1. The van der Waals surface area contributed by atoms with Gasteiger partial charge in [-0.3, -0.25) is 4.79 Å². The summed E-state index contributed by atoms with van der Waals surface area (Å²) in [5.74, 6) is -0.252. The highest BCUT2D eigenvalue weighted by atomic mass is 16.5. The van der Waals surface area contributed by atoms with Crippen molar-refractivity contribution in [1.29, 1.82) is 0 Å². The third kappa shape index (κ3) is 4.45. The molecule has 1 atom stereocenters. The van der Waals surface area contributed by atoms with Crippen LogP contribution in [0.4, 0.5) is 0 Å². The number of hydrogen-bond acceptors (Lipinski definition) is 3. The lowest BCUT2D eigenvalue weighted by Gasteiger charge is -2.23. The summed E-state index contributed by atoms with van der Waals surface area (Å²) in [6.45, 7) is 1.88. The summed E-state index contributed by atoms with van der Waals surface area (Å²) < 4.78 is 4.62. The third-order valence-corrected chi connectivity index (χ3v) is 2.60. The maximum atomic E-state index is 11.1. The minimum atomic E-state index is -0.497. The molecular formula is C13H19NO2. The first kappa shape index (κ1) is 12.7. The van der Waals surface area contributed by atoms with Crippen LogP contribution in [0.25, 0.3) is 0 Å². The SMILES string of the molecule is COC(=O)CC(C)(N)CCc1ccccc1. The minimum absolute atomic E-state index is 0.252. The summed E-state index contributed by atoms with van der Waals surface area (Å²) in [6, 6.07) is 10.1. The second kappa shape index (κ2) is 5.66. The van der Waals surface area contributed by atoms with Gasteiger partial charge >= 0.3 is 5.97 Å². The van der Waals surface area contributed by atoms with Crippen molar-refractivity contribution >= 4 is 5.97 Å². The number of ether oxygens (including phenoxy) is 1. The van der Waals surface area contributed by atoms with Crippen LogP contribution in [-0.4, -0.2) is 18.6 Å². The molecular weight excluding hydrogens is 202 g/mol. The summed E-state index contributed by atoms with van der Waals surface area (Å²) in [5.41, 5.74) is 6.78. The molecule has 0 spiro atoms. The van der Waals surface area contributed by atoms with E-state index < -0.39 is 5.54 Å². The number of rotatable bonds is 5. The van der Waals surface area contributed by atoms with Crippen molar-refractivity contribution in [2.24, 2.45) is 5.73 Å². The molecule has 3 nitrogen and oxygen atoms in total. The first-order valence-corrected chi connectivity index (χ1v) is 5.43. The monoisotopic (exact) mass is 221 g/mol. The molecule has 0 amide bonds. The van der Waals surface area contributed by atoms with Crippen molar-refractivity contribution in [2.75, 3.05) is 7.11 Å². The van der Waals surface area contributed by atoms with E-state index in [-0.39, 0.29) is 12.4 Å². The molecule has 3 heteroatoms. The molecule has 88 valence electrons. The quantitative estimate of drug-likeness (QED) is 0.773. The Labute approximate surface area is 96.6 Å². The Morgan fingerprint density at radius 2 is 2.00 bits per heavy atom. The fourth-order valence-electron chi connectivity index (χ4n) is 1.56. The van der Waals surface area contributed by atoms with Gasteiger partial charge in [-0.1, -0.05) is 30.3 Å². The molecule has 0 fully saturated rings. The summed E-state index contributed by atoms with van der Waals surface area (Å²) in [6.07, 6.45) is 1.91. The van der Waals surface area contributed by atoms with Crippen LogP contribution < -0.4 is 5.73 Å². The zero-order valence-corrected chi connectivity index (χ0v) is 9.90. The molecule has 0 aliphatic heterocycles. The number of carbonyl (C=O) groups is 1. The van der Waals surface area contributed by atoms with E-state index in [0.29, 0.717) is 0 Å². The lowest BCUT2D eigenvalue weighted by atomic mass is 9.91. The first-order chi connectivity index (χ1) is 7.53. The predicted octanol–water partition coefficient (Wildman–Crippen LogP) is 1.90. The number of aryl methyl sites for hydroxylation is 1. The Hall–Kier alpha value is -1.35. The summed E-state index contributed by atoms with van der Waals surface area (Å²) in [4.78, 5) is 11.1. The Kier molecular flexibility index (Phi) is 4.50. The molecule has 1 rings (SSSR count). The molecule has 0 saturated carbocycles. The highest BCUT2D eigenvalue weighted by Gasteiger charge is 2.22. The average Bonchev–Trinajstić information content (AvgIpc) is 2.27. The Balaban J connectivity index is 2.44. The Morgan fingerprint density at radius 1 is 1.38 bits per heavy atom. The van der Waals surface area contributed by atoms with E-state index in [1.165, 1.54) is 12.7 Å². The number of methoxy groups -OCH3 is 1. The standard InChI is InChI=1S/C13H19NO2/c1-13(14,10-12(15)16-2)9-8-11-6-4-3-5-7-11/h3-7H,8-10,14H2,1-2H3. The van der Waals surface area contributed by atoms with Crippen molar-refractivity contribution in [3.05, 3.63) is 35.9 Å². The van der Waals surface area contributed by atoms with Gasteiger partial charge in [0.15, 0.2) is 0 Å². The van der Waals surface area contributed by atoms with Crippen molar-refractivity contribution in [3.63, 3.8) is 0 Å². The maximum Gasteiger partial charge on any atom is 0.307 e. The molecule has 0 saturated heterocycles. The molecule has 1 unspecified atom stereocenters. The van der Waals surface area contributed by atoms with Crippen LogP contribution in [0.1, 0.15) is 25.3 Å². The van der Waals surface area contributed by atoms with Crippen molar-refractivity contribution in [3.8, 4) is 0 Å². The fraction of sp³-hybridized carbons (Fsp3) is 0.462. The van der Waals surface area contributed by atoms with Crippen LogP contribution in [0, 0.1) is 0 Å². The van der Waals surface area contributed by atoms with E-state index in [2.05, 4.69) is 16.9 Å². The van der Waals surface area contributed by atoms with Crippen molar-refractivity contribution in [2.45, 2.75) is 31.7 Å². The number of carbonyl (C=O) groups excluding carboxylic acids is 1. The van der Waals surface area contributed by atoms with E-state index in [9.17, 15) is 4.79 Å². The topological polar surface area (TPSA) is 52.3 Å². The highest BCUT2D eigenvalue weighted by Crippen LogP contribution is 2.15. The van der Waals surface area contributed by atoms with Gasteiger partial charge in [-0.2, -0.15) is 0 Å². The van der Waals surface area contributed by atoms with Crippen LogP contribution >= 0.6 is 0 Å². The van der Waals surface area contributed by atoms with Crippen LogP contribution in [0.15, 0.2) is 30.3 Å². The summed E-state index contributed by atoms with van der Waals surface area (Å²) in [5, 5.41) is 0. The molecule has 0 aliphatic rings. The second-order valence-electron chi connectivity index (χ2n) is 4.39. The number of hydrogen-bond donors (Lipinski definition) is 1. The fourth-order valence-corrected chi connectivity index (χ4v) is 1.56. The number of benzene rings is 1. The lowest BCUT2D eigenvalue weighted by molar-refractivity contribution is -0.141. The zero-order valence-electron chi connectivity index (χ0n) is 9.90. The second-order valence-corrected chi connectivity index (χ2v) is 4.39. The van der Waals surface area contributed by atoms with Crippen LogP contribution in [0.5, 0.6) is 0 Å². The van der Waals surface area contributed by atoms with Gasteiger partial charge in [0.2, 0.25) is 0 Å². The van der Waals surface area contributed by atoms with Gasteiger partial charge in [-0.25, -0.2) is 0 Å². The van der Waals surface area contributed by atoms with E-state index in [0.717, 1.165) is 12.8 Å². The van der Waals surface area contributed by atoms with Crippen molar-refractivity contribution < 1.29 is 9.53 Å². The van der Waals surface area contributed by atoms with Crippen LogP contribution in [0.3, 0.4) is 0 Å². The third-order valence-electron chi connectivity index (χ3n) is 2.60. The van der Waals surface area contributed by atoms with Gasteiger partial charge in [-0.15, -0.1) is 0 Å². The van der Waals surface area contributed by atoms with Crippen LogP contribution in [0.2, 0.25) is 0 Å². The maximum absolute atomic E-state index is 11.1. The molecule has 0 radical (unpaired) electrons. The highest BCUT2D eigenvalue weighted by molar-refractivity contribution is 5.70. The van der Waals surface area contributed by atoms with Gasteiger partial charge in [0, 0.05) is 5.54 Å². The van der Waals surface area contributed by atoms with E-state index in [1.807, 2.05) is 25.1 Å². The lowest BCUT2D eigenvalue weighted by Crippen LogP contribution is -2.39. The first-order valence-electron chi connectivity index (χ1n) is 5.43. The zero-order chi connectivity index (χ0) is 12.0. The van der Waals surface area contributed by atoms with E-state index in [4.69, 9.17) is 5.73 Å². The molecule has 0 aliphatic carbocycles. The molecule has 0 aromatic heterocycles. The van der Waals surface area contributed by atoms with E-state index in [1.54, 1.807) is 0 Å². The van der Waals surface area contributed by atoms with Gasteiger partial charge < -0.3 is 10.5 Å². The van der Waals surface area contributed by atoms with Crippen LogP contribution in [-0.2, 0) is 16.0 Å². The van der Waals surface area contributed by atoms with Gasteiger partial charge in [-0.05, 0) is 25.3 Å². The largest absolute Gasteiger partial charge is 0.469 e. The summed E-state index contributed by atoms with van der Waals surface area (Å²) >= 11 is 0. The minimum Gasteiger partial charge on any atom is -0.469 e. The van der Waals surface area contributed by atoms with Crippen molar-refractivity contribution in [1.82, 2.24) is 0 Å².